The lowest BCUT2D eigenvalue weighted by atomic mass is 10.0. The summed E-state index contributed by atoms with van der Waals surface area (Å²) >= 11 is 0. The van der Waals surface area contributed by atoms with Gasteiger partial charge < -0.3 is 15.6 Å². The molecule has 14 heavy (non-hydrogen) atoms. The van der Waals surface area contributed by atoms with Crippen molar-refractivity contribution in [2.24, 2.45) is 5.73 Å². The van der Waals surface area contributed by atoms with E-state index in [-0.39, 0.29) is 17.1 Å². The monoisotopic (exact) mass is 199 g/mol. The molecule has 1 rings (SSSR count). The first kappa shape index (κ1) is 10.8. The average molecular weight is 199 g/mol. The van der Waals surface area contributed by atoms with E-state index in [0.717, 1.165) is 0 Å². The summed E-state index contributed by atoms with van der Waals surface area (Å²) in [6.07, 6.45) is 0.553. The number of ether oxygens (including phenoxy) is 1. The lowest BCUT2D eigenvalue weighted by molar-refractivity contribution is 0.363. The number of hydrogen-bond donors (Lipinski definition) is 2. The molecule has 0 unspecified atom stereocenters. The molecular weight excluding hydrogens is 185 g/mol. The minimum Gasteiger partial charge on any atom is -0.504 e. The molecule has 0 aliphatic rings. The molecule has 0 aliphatic carbocycles. The van der Waals surface area contributed by atoms with Gasteiger partial charge in [-0.1, -0.05) is 6.92 Å². The van der Waals surface area contributed by atoms with Gasteiger partial charge in [-0.25, -0.2) is 4.39 Å². The van der Waals surface area contributed by atoms with Crippen LogP contribution in [0.1, 0.15) is 24.9 Å². The number of methoxy groups -OCH3 is 1. The Morgan fingerprint density at radius 1 is 1.57 bits per heavy atom. The Morgan fingerprint density at radius 3 is 2.71 bits per heavy atom. The van der Waals surface area contributed by atoms with Crippen LogP contribution in [-0.2, 0) is 0 Å². The molecule has 0 bridgehead atoms. The summed E-state index contributed by atoms with van der Waals surface area (Å²) in [6.45, 7) is 1.82. The summed E-state index contributed by atoms with van der Waals surface area (Å²) in [7, 11) is 1.41. The number of benzene rings is 1. The van der Waals surface area contributed by atoms with E-state index in [1.165, 1.54) is 19.2 Å². The molecule has 3 nitrogen and oxygen atoms in total. The molecule has 0 spiro atoms. The average Bonchev–Trinajstić information content (AvgIpc) is 2.18. The van der Waals surface area contributed by atoms with E-state index in [4.69, 9.17) is 10.5 Å². The van der Waals surface area contributed by atoms with E-state index < -0.39 is 11.9 Å². The van der Waals surface area contributed by atoms with Crippen molar-refractivity contribution in [2.45, 2.75) is 19.4 Å². The molecule has 3 N–H and O–H groups in total. The third kappa shape index (κ3) is 1.80. The normalized spacial score (nSPS) is 12.6. The molecule has 1 atom stereocenters. The number of aromatic hydroxyl groups is 1. The van der Waals surface area contributed by atoms with Gasteiger partial charge in [-0.2, -0.15) is 0 Å². The van der Waals surface area contributed by atoms with Gasteiger partial charge in [0.1, 0.15) is 5.82 Å². The molecule has 1 aromatic carbocycles. The third-order valence-corrected chi connectivity index (χ3v) is 2.16. The topological polar surface area (TPSA) is 55.5 Å². The molecule has 0 heterocycles. The van der Waals surface area contributed by atoms with Crippen molar-refractivity contribution in [1.82, 2.24) is 0 Å². The maximum atomic E-state index is 13.3. The van der Waals surface area contributed by atoms with Crippen LogP contribution in [0.25, 0.3) is 0 Å². The van der Waals surface area contributed by atoms with Gasteiger partial charge in [0.25, 0.3) is 0 Å². The summed E-state index contributed by atoms with van der Waals surface area (Å²) < 4.78 is 18.2. The van der Waals surface area contributed by atoms with E-state index in [1.807, 2.05) is 6.92 Å². The van der Waals surface area contributed by atoms with Gasteiger partial charge in [0, 0.05) is 6.04 Å². The molecule has 0 aromatic heterocycles. The van der Waals surface area contributed by atoms with Gasteiger partial charge in [0.05, 0.1) is 12.7 Å². The highest BCUT2D eigenvalue weighted by atomic mass is 19.1. The van der Waals surface area contributed by atoms with Crippen LogP contribution in [0.3, 0.4) is 0 Å². The predicted molar refractivity (Wildman–Crippen MR) is 51.8 cm³/mol. The van der Waals surface area contributed by atoms with Gasteiger partial charge >= 0.3 is 0 Å². The summed E-state index contributed by atoms with van der Waals surface area (Å²) in [5.41, 5.74) is 5.78. The van der Waals surface area contributed by atoms with Crippen molar-refractivity contribution < 1.29 is 14.2 Å². The minimum atomic E-state index is -0.509. The molecule has 0 amide bonds. The van der Waals surface area contributed by atoms with Crippen LogP contribution in [-0.4, -0.2) is 12.2 Å². The predicted octanol–water partition coefficient (Wildman–Crippen LogP) is 1.95. The van der Waals surface area contributed by atoms with Crippen molar-refractivity contribution >= 4 is 0 Å². The van der Waals surface area contributed by atoms with Crippen molar-refractivity contribution in [1.29, 1.82) is 0 Å². The summed E-state index contributed by atoms with van der Waals surface area (Å²) in [5.74, 6) is -0.468. The Hall–Kier alpha value is -1.29. The van der Waals surface area contributed by atoms with Crippen molar-refractivity contribution in [3.8, 4) is 11.5 Å². The van der Waals surface area contributed by atoms with E-state index in [1.54, 1.807) is 0 Å². The molecule has 0 saturated heterocycles. The SMILES string of the molecule is CC[C@@H](N)c1c(F)ccc(OC)c1O. The smallest absolute Gasteiger partial charge is 0.165 e. The second-order valence-electron chi connectivity index (χ2n) is 3.03. The zero-order valence-electron chi connectivity index (χ0n) is 8.25. The largest absolute Gasteiger partial charge is 0.504 e. The highest BCUT2D eigenvalue weighted by Crippen LogP contribution is 2.35. The lowest BCUT2D eigenvalue weighted by Crippen LogP contribution is -2.11. The first-order valence-corrected chi connectivity index (χ1v) is 4.42. The quantitative estimate of drug-likeness (QED) is 0.782. The van der Waals surface area contributed by atoms with Crippen molar-refractivity contribution in [3.05, 3.63) is 23.5 Å². The molecule has 0 saturated carbocycles. The van der Waals surface area contributed by atoms with Gasteiger partial charge in [0.2, 0.25) is 0 Å². The molecule has 4 heteroatoms. The van der Waals surface area contributed by atoms with E-state index in [9.17, 15) is 9.50 Å². The van der Waals surface area contributed by atoms with Crippen LogP contribution in [0.5, 0.6) is 11.5 Å². The van der Waals surface area contributed by atoms with Crippen LogP contribution >= 0.6 is 0 Å². The second kappa shape index (κ2) is 4.28. The lowest BCUT2D eigenvalue weighted by Gasteiger charge is -2.14. The number of nitrogens with two attached hydrogens (primary N) is 1. The van der Waals surface area contributed by atoms with E-state index >= 15 is 0 Å². The molecular formula is C10H14FNO2. The maximum Gasteiger partial charge on any atom is 0.165 e. The highest BCUT2D eigenvalue weighted by Gasteiger charge is 2.18. The second-order valence-corrected chi connectivity index (χ2v) is 3.03. The van der Waals surface area contributed by atoms with Crippen LogP contribution in [0.4, 0.5) is 4.39 Å². The zero-order valence-corrected chi connectivity index (χ0v) is 8.25. The zero-order chi connectivity index (χ0) is 10.7. The molecule has 0 radical (unpaired) electrons. The van der Waals surface area contributed by atoms with Gasteiger partial charge in [-0.15, -0.1) is 0 Å². The van der Waals surface area contributed by atoms with Crippen LogP contribution in [0, 0.1) is 5.82 Å². The molecule has 1 aromatic rings. The van der Waals surface area contributed by atoms with Gasteiger partial charge in [-0.05, 0) is 18.6 Å². The molecule has 78 valence electrons. The van der Waals surface area contributed by atoms with Crippen LogP contribution in [0.15, 0.2) is 12.1 Å². The van der Waals surface area contributed by atoms with Crippen LogP contribution < -0.4 is 10.5 Å². The fourth-order valence-corrected chi connectivity index (χ4v) is 1.28. The standard InChI is InChI=1S/C10H14FNO2/c1-3-7(12)9-6(11)4-5-8(14-2)10(9)13/h4-5,7,13H,3,12H2,1-2H3/t7-/m1/s1. The van der Waals surface area contributed by atoms with E-state index in [0.29, 0.717) is 6.42 Å². The van der Waals surface area contributed by atoms with Crippen LogP contribution in [0.2, 0.25) is 0 Å². The number of halogens is 1. The summed E-state index contributed by atoms with van der Waals surface area (Å²) in [4.78, 5) is 0. The third-order valence-electron chi connectivity index (χ3n) is 2.16. The number of phenols is 1. The highest BCUT2D eigenvalue weighted by molar-refractivity contribution is 5.47. The Kier molecular flexibility index (Phi) is 3.30. The summed E-state index contributed by atoms with van der Waals surface area (Å²) in [5, 5.41) is 9.63. The number of phenolic OH excluding ortho intramolecular Hbond substituents is 1. The number of rotatable bonds is 3. The Bertz CT molecular complexity index is 328. The fraction of sp³-hybridized carbons (Fsp3) is 0.400. The van der Waals surface area contributed by atoms with E-state index in [2.05, 4.69) is 0 Å². The van der Waals surface area contributed by atoms with Gasteiger partial charge in [0.15, 0.2) is 11.5 Å². The first-order chi connectivity index (χ1) is 6.61. The molecule has 0 fully saturated rings. The summed E-state index contributed by atoms with van der Waals surface area (Å²) in [6, 6.07) is 2.10. The first-order valence-electron chi connectivity index (χ1n) is 4.42. The minimum absolute atomic E-state index is 0.117. The fourth-order valence-electron chi connectivity index (χ4n) is 1.28. The Morgan fingerprint density at radius 2 is 2.21 bits per heavy atom. The maximum absolute atomic E-state index is 13.3. The van der Waals surface area contributed by atoms with Crippen molar-refractivity contribution in [2.75, 3.05) is 7.11 Å². The van der Waals surface area contributed by atoms with Crippen molar-refractivity contribution in [3.63, 3.8) is 0 Å². The Balaban J connectivity index is 3.25. The van der Waals surface area contributed by atoms with Gasteiger partial charge in [-0.3, -0.25) is 0 Å². The molecule has 0 aliphatic heterocycles. The number of hydrogen-bond acceptors (Lipinski definition) is 3. The Labute approximate surface area is 82.3 Å².